The number of aromatic carboxylic acids is 1. The largest absolute Gasteiger partial charge is 0.489 e. The van der Waals surface area contributed by atoms with Crippen LogP contribution in [0.2, 0.25) is 0 Å². The molecule has 7 nitrogen and oxygen atoms in total. The number of para-hydroxylation sites is 1. The lowest BCUT2D eigenvalue weighted by atomic mass is 10.1. The van der Waals surface area contributed by atoms with Gasteiger partial charge < -0.3 is 20.1 Å². The van der Waals surface area contributed by atoms with Crippen molar-refractivity contribution in [1.29, 1.82) is 5.26 Å². The smallest absolute Gasteiger partial charge is 0.335 e. The highest BCUT2D eigenvalue weighted by Gasteiger charge is 2.10. The minimum atomic E-state index is -0.988. The number of carbonyl (C=O) groups is 2. The van der Waals surface area contributed by atoms with Gasteiger partial charge in [0.15, 0.2) is 0 Å². The molecule has 174 valence electrons. The molecule has 0 fully saturated rings. The van der Waals surface area contributed by atoms with Crippen molar-refractivity contribution in [2.75, 3.05) is 6.54 Å². The van der Waals surface area contributed by atoms with Crippen molar-refractivity contribution in [2.45, 2.75) is 13.0 Å². The van der Waals surface area contributed by atoms with Gasteiger partial charge in [-0.25, -0.2) is 4.79 Å². The van der Waals surface area contributed by atoms with Crippen LogP contribution >= 0.6 is 0 Å². The van der Waals surface area contributed by atoms with Crippen molar-refractivity contribution >= 4 is 28.9 Å². The van der Waals surface area contributed by atoms with Crippen LogP contribution in [0.25, 0.3) is 17.0 Å². The number of nitrogens with one attached hydrogen (secondary N) is 2. The van der Waals surface area contributed by atoms with E-state index < -0.39 is 11.9 Å². The van der Waals surface area contributed by atoms with Crippen LogP contribution in [0, 0.1) is 11.3 Å². The highest BCUT2D eigenvalue weighted by Crippen LogP contribution is 2.19. The monoisotopic (exact) mass is 465 g/mol. The summed E-state index contributed by atoms with van der Waals surface area (Å²) in [6, 6.07) is 23.5. The lowest BCUT2D eigenvalue weighted by Crippen LogP contribution is -2.26. The number of amides is 1. The number of hydrogen-bond donors (Lipinski definition) is 3. The third-order valence-electron chi connectivity index (χ3n) is 5.49. The molecule has 0 saturated heterocycles. The number of H-pyrrole nitrogens is 1. The first-order valence-corrected chi connectivity index (χ1v) is 11.0. The summed E-state index contributed by atoms with van der Waals surface area (Å²) in [6.45, 7) is 0.633. The van der Waals surface area contributed by atoms with Gasteiger partial charge >= 0.3 is 5.97 Å². The molecule has 0 unspecified atom stereocenters. The Morgan fingerprint density at radius 2 is 1.86 bits per heavy atom. The molecule has 7 heteroatoms. The van der Waals surface area contributed by atoms with Gasteiger partial charge in [-0.3, -0.25) is 4.79 Å². The van der Waals surface area contributed by atoms with E-state index in [0.717, 1.165) is 22.0 Å². The molecule has 1 aromatic heterocycles. The van der Waals surface area contributed by atoms with Crippen molar-refractivity contribution in [1.82, 2.24) is 10.3 Å². The maximum Gasteiger partial charge on any atom is 0.335 e. The van der Waals surface area contributed by atoms with Crippen molar-refractivity contribution in [3.63, 3.8) is 0 Å². The Morgan fingerprint density at radius 3 is 2.63 bits per heavy atom. The van der Waals surface area contributed by atoms with E-state index in [2.05, 4.69) is 10.3 Å². The maximum atomic E-state index is 12.5. The number of carboxylic acids is 1. The highest BCUT2D eigenvalue weighted by atomic mass is 16.5. The first kappa shape index (κ1) is 23.3. The number of ether oxygens (including phenoxy) is 1. The third-order valence-corrected chi connectivity index (χ3v) is 5.49. The van der Waals surface area contributed by atoms with Crippen LogP contribution < -0.4 is 10.1 Å². The number of nitriles is 1. The Morgan fingerprint density at radius 1 is 1.06 bits per heavy atom. The average molecular weight is 466 g/mol. The van der Waals surface area contributed by atoms with Crippen LogP contribution in [0.4, 0.5) is 0 Å². The molecule has 0 saturated carbocycles. The van der Waals surface area contributed by atoms with Crippen LogP contribution in [-0.2, 0) is 17.8 Å². The summed E-state index contributed by atoms with van der Waals surface area (Å²) in [5, 5.41) is 22.5. The van der Waals surface area contributed by atoms with Gasteiger partial charge in [-0.05, 0) is 59.5 Å². The lowest BCUT2D eigenvalue weighted by molar-refractivity contribution is -0.117. The maximum absolute atomic E-state index is 12.5. The van der Waals surface area contributed by atoms with Gasteiger partial charge in [0, 0.05) is 23.6 Å². The summed E-state index contributed by atoms with van der Waals surface area (Å²) in [5.41, 5.74) is 3.80. The predicted octanol–water partition coefficient (Wildman–Crippen LogP) is 4.71. The number of rotatable bonds is 9. The molecule has 0 radical (unpaired) electrons. The van der Waals surface area contributed by atoms with Crippen molar-refractivity contribution in [3.8, 4) is 11.8 Å². The van der Waals surface area contributed by atoms with Crippen molar-refractivity contribution in [3.05, 3.63) is 107 Å². The molecule has 0 atom stereocenters. The van der Waals surface area contributed by atoms with E-state index in [4.69, 9.17) is 9.84 Å². The van der Waals surface area contributed by atoms with Gasteiger partial charge in [0.2, 0.25) is 0 Å². The minimum Gasteiger partial charge on any atom is -0.489 e. The molecule has 1 heterocycles. The number of benzene rings is 3. The zero-order valence-electron chi connectivity index (χ0n) is 18.8. The second-order valence-electron chi connectivity index (χ2n) is 7.90. The molecule has 3 N–H and O–H groups in total. The van der Waals surface area contributed by atoms with Gasteiger partial charge in [0.25, 0.3) is 5.91 Å². The molecule has 0 aliphatic carbocycles. The summed E-state index contributed by atoms with van der Waals surface area (Å²) < 4.78 is 5.72. The van der Waals surface area contributed by atoms with E-state index in [1.807, 2.05) is 36.5 Å². The molecular formula is C28H23N3O4. The van der Waals surface area contributed by atoms with Crippen molar-refractivity contribution < 1.29 is 19.4 Å². The molecular weight excluding hydrogens is 442 g/mol. The first-order valence-electron chi connectivity index (χ1n) is 11.0. The topological polar surface area (TPSA) is 115 Å². The number of carbonyl (C=O) groups excluding carboxylic acids is 1. The number of nitrogens with zero attached hydrogens (tertiary/aromatic N) is 1. The van der Waals surface area contributed by atoms with E-state index in [1.165, 1.54) is 12.1 Å². The van der Waals surface area contributed by atoms with Crippen LogP contribution in [0.3, 0.4) is 0 Å². The van der Waals surface area contributed by atoms with Crippen molar-refractivity contribution in [2.24, 2.45) is 0 Å². The number of carboxylic acid groups (broad SMARTS) is 1. The van der Waals surface area contributed by atoms with Gasteiger partial charge in [-0.15, -0.1) is 0 Å². The Balaban J connectivity index is 1.32. The fourth-order valence-electron chi connectivity index (χ4n) is 3.68. The second-order valence-corrected chi connectivity index (χ2v) is 7.90. The summed E-state index contributed by atoms with van der Waals surface area (Å²) in [7, 11) is 0. The normalized spacial score (nSPS) is 11.1. The molecule has 35 heavy (non-hydrogen) atoms. The number of aromatic amines is 1. The highest BCUT2D eigenvalue weighted by molar-refractivity contribution is 6.01. The number of hydrogen-bond acceptors (Lipinski definition) is 4. The third kappa shape index (κ3) is 5.95. The summed E-state index contributed by atoms with van der Waals surface area (Å²) in [4.78, 5) is 26.8. The molecule has 0 bridgehead atoms. The Bertz CT molecular complexity index is 1430. The average Bonchev–Trinajstić information content (AvgIpc) is 3.30. The number of aromatic nitrogens is 1. The molecule has 1 amide bonds. The Kier molecular flexibility index (Phi) is 7.24. The van der Waals surface area contributed by atoms with Gasteiger partial charge in [0.05, 0.1) is 5.56 Å². The molecule has 4 aromatic rings. The molecule has 3 aromatic carbocycles. The molecule has 0 aliphatic heterocycles. The van der Waals surface area contributed by atoms with E-state index in [9.17, 15) is 14.9 Å². The van der Waals surface area contributed by atoms with Crippen LogP contribution in [0.1, 0.15) is 27.0 Å². The van der Waals surface area contributed by atoms with Gasteiger partial charge in [-0.2, -0.15) is 5.26 Å². The standard InChI is InChI=1S/C28H23N3O4/c29-16-23(27(32)30-13-12-22-17-31-26-7-2-1-6-25(22)26)14-19-8-10-24(11-9-19)35-18-20-4-3-5-21(15-20)28(33)34/h1-11,14-15,17,31H,12-13,18H2,(H,30,32)(H,33,34)/b23-14-. The molecule has 0 spiro atoms. The fourth-order valence-corrected chi connectivity index (χ4v) is 3.68. The zero-order valence-corrected chi connectivity index (χ0v) is 18.8. The summed E-state index contributed by atoms with van der Waals surface area (Å²) in [6.07, 6.45) is 4.11. The number of fused-ring (bicyclic) bond motifs is 1. The summed E-state index contributed by atoms with van der Waals surface area (Å²) in [5.74, 6) is -0.825. The predicted molar refractivity (Wildman–Crippen MR) is 133 cm³/mol. The van der Waals surface area contributed by atoms with E-state index in [-0.39, 0.29) is 17.7 Å². The SMILES string of the molecule is N#C/C(=C/c1ccc(OCc2cccc(C(=O)O)c2)cc1)C(=O)NCCc1c[nH]c2ccccc12. The van der Waals surface area contributed by atoms with Crippen LogP contribution in [0.5, 0.6) is 5.75 Å². The van der Waals surface area contributed by atoms with Gasteiger partial charge in [-0.1, -0.05) is 42.5 Å². The van der Waals surface area contributed by atoms with Gasteiger partial charge in [0.1, 0.15) is 24.0 Å². The van der Waals surface area contributed by atoms with E-state index in [0.29, 0.717) is 24.3 Å². The lowest BCUT2D eigenvalue weighted by Gasteiger charge is -2.08. The minimum absolute atomic E-state index is 0.0167. The second kappa shape index (κ2) is 10.9. The zero-order chi connectivity index (χ0) is 24.6. The molecule has 4 rings (SSSR count). The van der Waals surface area contributed by atoms with E-state index >= 15 is 0 Å². The Hall–Kier alpha value is -4.83. The quantitative estimate of drug-likeness (QED) is 0.245. The van der Waals surface area contributed by atoms with E-state index in [1.54, 1.807) is 42.5 Å². The Labute approximate surface area is 202 Å². The first-order chi connectivity index (χ1) is 17.0. The molecule has 0 aliphatic rings. The fraction of sp³-hybridized carbons (Fsp3) is 0.107. The van der Waals surface area contributed by atoms with Crippen LogP contribution in [0.15, 0.2) is 84.6 Å². The summed E-state index contributed by atoms with van der Waals surface area (Å²) >= 11 is 0. The van der Waals surface area contributed by atoms with Crippen LogP contribution in [-0.4, -0.2) is 28.5 Å².